The van der Waals surface area contributed by atoms with E-state index in [1.807, 2.05) is 36.1 Å². The summed E-state index contributed by atoms with van der Waals surface area (Å²) in [6.07, 6.45) is 7.89. The molecule has 0 bridgehead atoms. The van der Waals surface area contributed by atoms with E-state index in [0.717, 1.165) is 70.8 Å². The molecule has 0 unspecified atom stereocenters. The molecule has 0 heterocycles. The molecular formula is C32H33NO3. The van der Waals surface area contributed by atoms with Crippen LogP contribution in [0.2, 0.25) is 0 Å². The van der Waals surface area contributed by atoms with Gasteiger partial charge in [-0.3, -0.25) is 4.79 Å². The summed E-state index contributed by atoms with van der Waals surface area (Å²) >= 11 is 0. The molecule has 0 saturated heterocycles. The molecule has 4 rings (SSSR count). The topological polar surface area (TPSA) is 57.6 Å². The van der Waals surface area contributed by atoms with Crippen molar-refractivity contribution >= 4 is 29.2 Å². The van der Waals surface area contributed by atoms with Crippen LogP contribution in [0.1, 0.15) is 55.7 Å². The van der Waals surface area contributed by atoms with E-state index < -0.39 is 5.97 Å². The maximum atomic E-state index is 13.7. The quantitative estimate of drug-likeness (QED) is 0.339. The monoisotopic (exact) mass is 479 g/mol. The molecule has 3 aromatic rings. The maximum Gasteiger partial charge on any atom is 0.328 e. The van der Waals surface area contributed by atoms with Crippen LogP contribution in [0.3, 0.4) is 0 Å². The van der Waals surface area contributed by atoms with Gasteiger partial charge in [-0.1, -0.05) is 92.1 Å². The van der Waals surface area contributed by atoms with Gasteiger partial charge in [0.25, 0.3) is 0 Å². The van der Waals surface area contributed by atoms with Crippen molar-refractivity contribution in [3.8, 4) is 11.1 Å². The minimum absolute atomic E-state index is 0.0306. The third kappa shape index (κ3) is 6.39. The summed E-state index contributed by atoms with van der Waals surface area (Å²) in [5.41, 5.74) is 7.03. The highest BCUT2D eigenvalue weighted by atomic mass is 16.4. The van der Waals surface area contributed by atoms with E-state index in [1.165, 1.54) is 6.42 Å². The lowest BCUT2D eigenvalue weighted by molar-refractivity contribution is -0.131. The number of carboxylic acid groups (broad SMARTS) is 1. The second-order valence-electron chi connectivity index (χ2n) is 9.58. The molecule has 0 aromatic heterocycles. The molecule has 3 aromatic carbocycles. The molecular weight excluding hydrogens is 446 g/mol. The van der Waals surface area contributed by atoms with Crippen molar-refractivity contribution in [2.45, 2.75) is 45.6 Å². The first-order valence-electron chi connectivity index (χ1n) is 12.6. The lowest BCUT2D eigenvalue weighted by Gasteiger charge is -2.30. The SMILES string of the molecule is C=C(C)c1ccc(-c2ccc(CN(C(=O)C3CCCCC3)c3cccc(C=CC(=O)O)c3)cc2)cc1. The number of carbonyl (C=O) groups excluding carboxylic acids is 1. The van der Waals surface area contributed by atoms with Crippen LogP contribution in [0.15, 0.2) is 85.5 Å². The average Bonchev–Trinajstić information content (AvgIpc) is 2.91. The number of hydrogen-bond acceptors (Lipinski definition) is 2. The molecule has 1 aliphatic carbocycles. The summed E-state index contributed by atoms with van der Waals surface area (Å²) in [6, 6.07) is 24.3. The van der Waals surface area contributed by atoms with Gasteiger partial charge in [0.15, 0.2) is 0 Å². The predicted octanol–water partition coefficient (Wildman–Crippen LogP) is 7.60. The first kappa shape index (κ1) is 25.2. The lowest BCUT2D eigenvalue weighted by Crippen LogP contribution is -2.36. The maximum absolute atomic E-state index is 13.7. The van der Waals surface area contributed by atoms with Crippen LogP contribution >= 0.6 is 0 Å². The molecule has 4 nitrogen and oxygen atoms in total. The number of amides is 1. The largest absolute Gasteiger partial charge is 0.478 e. The summed E-state index contributed by atoms with van der Waals surface area (Å²) in [5.74, 6) is -0.818. The zero-order chi connectivity index (χ0) is 25.5. The van der Waals surface area contributed by atoms with Crippen LogP contribution in [0.5, 0.6) is 0 Å². The number of allylic oxidation sites excluding steroid dienone is 1. The highest BCUT2D eigenvalue weighted by Crippen LogP contribution is 2.30. The van der Waals surface area contributed by atoms with Gasteiger partial charge in [0, 0.05) is 17.7 Å². The van der Waals surface area contributed by atoms with Crippen LogP contribution in [-0.2, 0) is 16.1 Å². The van der Waals surface area contributed by atoms with Crippen LogP contribution in [0.4, 0.5) is 5.69 Å². The van der Waals surface area contributed by atoms with E-state index >= 15 is 0 Å². The molecule has 0 spiro atoms. The van der Waals surface area contributed by atoms with Crippen LogP contribution in [0.25, 0.3) is 22.8 Å². The Morgan fingerprint density at radius 1 is 0.944 bits per heavy atom. The number of hydrogen-bond donors (Lipinski definition) is 1. The number of carboxylic acids is 1. The van der Waals surface area contributed by atoms with Gasteiger partial charge in [-0.25, -0.2) is 4.79 Å². The smallest absolute Gasteiger partial charge is 0.328 e. The third-order valence-corrected chi connectivity index (χ3v) is 6.83. The second kappa shape index (κ2) is 11.7. The number of benzene rings is 3. The van der Waals surface area contributed by atoms with E-state index in [0.29, 0.717) is 6.54 Å². The molecule has 0 radical (unpaired) electrons. The molecule has 1 saturated carbocycles. The van der Waals surface area contributed by atoms with Crippen LogP contribution in [-0.4, -0.2) is 17.0 Å². The van der Waals surface area contributed by atoms with Crippen molar-refractivity contribution in [2.75, 3.05) is 4.90 Å². The molecule has 1 amide bonds. The fraction of sp³-hybridized carbons (Fsp3) is 0.250. The molecule has 1 fully saturated rings. The molecule has 184 valence electrons. The van der Waals surface area contributed by atoms with Gasteiger partial charge < -0.3 is 10.0 Å². The number of nitrogens with zero attached hydrogens (tertiary/aromatic N) is 1. The van der Waals surface area contributed by atoms with Crippen molar-refractivity contribution < 1.29 is 14.7 Å². The highest BCUT2D eigenvalue weighted by Gasteiger charge is 2.27. The third-order valence-electron chi connectivity index (χ3n) is 6.83. The second-order valence-corrected chi connectivity index (χ2v) is 9.58. The first-order valence-corrected chi connectivity index (χ1v) is 12.6. The molecule has 1 aliphatic rings. The average molecular weight is 480 g/mol. The Hall–Kier alpha value is -3.92. The van der Waals surface area contributed by atoms with Gasteiger partial charge in [-0.15, -0.1) is 0 Å². The highest BCUT2D eigenvalue weighted by molar-refractivity contribution is 5.95. The Balaban J connectivity index is 1.59. The molecule has 4 heteroatoms. The summed E-state index contributed by atoms with van der Waals surface area (Å²) < 4.78 is 0. The van der Waals surface area contributed by atoms with Crippen molar-refractivity contribution in [3.05, 3.63) is 102 Å². The fourth-order valence-electron chi connectivity index (χ4n) is 4.76. The standard InChI is InChI=1S/C32H33NO3/c1-23(2)26-16-18-28(19-17-26)27-14-11-25(12-15-27)22-33(32(36)29-8-4-3-5-9-29)30-10-6-7-24(21-30)13-20-31(34)35/h6-7,10-21,29H,1,3-5,8-9,22H2,2H3,(H,34,35). The Morgan fingerprint density at radius 3 is 2.19 bits per heavy atom. The van der Waals surface area contributed by atoms with Crippen molar-refractivity contribution in [1.82, 2.24) is 0 Å². The molecule has 0 aliphatic heterocycles. The van der Waals surface area contributed by atoms with E-state index in [1.54, 1.807) is 6.08 Å². The van der Waals surface area contributed by atoms with Gasteiger partial charge in [0.2, 0.25) is 5.91 Å². The normalized spacial score (nSPS) is 14.0. The molecule has 36 heavy (non-hydrogen) atoms. The van der Waals surface area contributed by atoms with E-state index in [4.69, 9.17) is 5.11 Å². The van der Waals surface area contributed by atoms with Gasteiger partial charge in [-0.05, 0) is 65.8 Å². The Kier molecular flexibility index (Phi) is 8.17. The fourth-order valence-corrected chi connectivity index (χ4v) is 4.76. The predicted molar refractivity (Wildman–Crippen MR) is 147 cm³/mol. The first-order chi connectivity index (χ1) is 17.4. The Bertz CT molecular complexity index is 1250. The van der Waals surface area contributed by atoms with E-state index in [2.05, 4.69) is 55.1 Å². The zero-order valence-corrected chi connectivity index (χ0v) is 20.8. The summed E-state index contributed by atoms with van der Waals surface area (Å²) in [7, 11) is 0. The van der Waals surface area contributed by atoms with Crippen molar-refractivity contribution in [1.29, 1.82) is 0 Å². The van der Waals surface area contributed by atoms with Crippen molar-refractivity contribution in [3.63, 3.8) is 0 Å². The van der Waals surface area contributed by atoms with Crippen molar-refractivity contribution in [2.24, 2.45) is 5.92 Å². The number of aliphatic carboxylic acids is 1. The summed E-state index contributed by atoms with van der Waals surface area (Å²) in [4.78, 5) is 26.5. The Labute approximate surface area is 213 Å². The summed E-state index contributed by atoms with van der Waals surface area (Å²) in [5, 5.41) is 8.99. The van der Waals surface area contributed by atoms with Gasteiger partial charge in [0.05, 0.1) is 6.54 Å². The minimum atomic E-state index is -0.995. The number of carbonyl (C=O) groups is 2. The van der Waals surface area contributed by atoms with Gasteiger partial charge >= 0.3 is 5.97 Å². The Morgan fingerprint density at radius 2 is 1.58 bits per heavy atom. The lowest BCUT2D eigenvalue weighted by atomic mass is 9.88. The van der Waals surface area contributed by atoms with Gasteiger partial charge in [0.1, 0.15) is 0 Å². The molecule has 0 atom stereocenters. The van der Waals surface area contributed by atoms with Crippen LogP contribution < -0.4 is 4.90 Å². The summed E-state index contributed by atoms with van der Waals surface area (Å²) in [6.45, 7) is 6.47. The molecule has 1 N–H and O–H groups in total. The van der Waals surface area contributed by atoms with E-state index in [-0.39, 0.29) is 11.8 Å². The number of anilines is 1. The van der Waals surface area contributed by atoms with E-state index in [9.17, 15) is 9.59 Å². The van der Waals surface area contributed by atoms with Gasteiger partial charge in [-0.2, -0.15) is 0 Å². The zero-order valence-electron chi connectivity index (χ0n) is 20.8. The number of rotatable bonds is 8. The van der Waals surface area contributed by atoms with Crippen LogP contribution in [0, 0.1) is 5.92 Å². The minimum Gasteiger partial charge on any atom is -0.478 e.